The third-order valence-corrected chi connectivity index (χ3v) is 2.54. The number of phenols is 1. The Kier molecular flexibility index (Phi) is 3.37. The number of hydrogen-bond donors (Lipinski definition) is 1. The number of pyridine rings is 1. The minimum atomic E-state index is -1.26. The number of rotatable bonds is 3. The third-order valence-electron chi connectivity index (χ3n) is 2.54. The SMILES string of the molecule is C=CCc1ccc(-c2ccc(O)c(F)c2F)nc1. The van der Waals surface area contributed by atoms with E-state index >= 15 is 0 Å². The van der Waals surface area contributed by atoms with Gasteiger partial charge in [-0.1, -0.05) is 12.1 Å². The first-order valence-corrected chi connectivity index (χ1v) is 5.36. The van der Waals surface area contributed by atoms with Gasteiger partial charge in [0.1, 0.15) is 0 Å². The number of nitrogens with zero attached hydrogens (tertiary/aromatic N) is 1. The van der Waals surface area contributed by atoms with Crippen molar-refractivity contribution in [3.05, 3.63) is 60.3 Å². The highest BCUT2D eigenvalue weighted by atomic mass is 19.2. The van der Waals surface area contributed by atoms with Crippen LogP contribution in [0.1, 0.15) is 5.56 Å². The smallest absolute Gasteiger partial charge is 0.201 e. The summed E-state index contributed by atoms with van der Waals surface area (Å²) in [6, 6.07) is 5.78. The molecule has 0 unspecified atom stereocenters. The number of aromatic nitrogens is 1. The number of aromatic hydroxyl groups is 1. The topological polar surface area (TPSA) is 33.1 Å². The van der Waals surface area contributed by atoms with Crippen LogP contribution in [0.2, 0.25) is 0 Å². The zero-order chi connectivity index (χ0) is 13.1. The average molecular weight is 247 g/mol. The van der Waals surface area contributed by atoms with Crippen LogP contribution < -0.4 is 0 Å². The first kappa shape index (κ1) is 12.2. The van der Waals surface area contributed by atoms with E-state index in [-0.39, 0.29) is 5.56 Å². The van der Waals surface area contributed by atoms with Crippen molar-refractivity contribution in [3.63, 3.8) is 0 Å². The maximum absolute atomic E-state index is 13.6. The number of hydrogen-bond acceptors (Lipinski definition) is 2. The van der Waals surface area contributed by atoms with Crippen LogP contribution in [-0.2, 0) is 6.42 Å². The van der Waals surface area contributed by atoms with Gasteiger partial charge in [0.2, 0.25) is 5.82 Å². The summed E-state index contributed by atoms with van der Waals surface area (Å²) in [6.45, 7) is 3.61. The fraction of sp³-hybridized carbons (Fsp3) is 0.0714. The molecular formula is C14H11F2NO. The Bertz CT molecular complexity index is 579. The molecule has 1 aromatic carbocycles. The van der Waals surface area contributed by atoms with Crippen LogP contribution in [0, 0.1) is 11.6 Å². The van der Waals surface area contributed by atoms with Crippen molar-refractivity contribution in [2.45, 2.75) is 6.42 Å². The fourth-order valence-electron chi connectivity index (χ4n) is 1.61. The molecule has 0 bridgehead atoms. The van der Waals surface area contributed by atoms with Gasteiger partial charge in [0.25, 0.3) is 0 Å². The molecule has 1 N–H and O–H groups in total. The van der Waals surface area contributed by atoms with Gasteiger partial charge in [-0.3, -0.25) is 4.98 Å². The predicted molar refractivity (Wildman–Crippen MR) is 65.2 cm³/mol. The second-order valence-electron chi connectivity index (χ2n) is 3.80. The van der Waals surface area contributed by atoms with Crippen LogP contribution >= 0.6 is 0 Å². The summed E-state index contributed by atoms with van der Waals surface area (Å²) in [5.74, 6) is -3.07. The summed E-state index contributed by atoms with van der Waals surface area (Å²) in [5.41, 5.74) is 1.28. The van der Waals surface area contributed by atoms with Crippen molar-refractivity contribution in [1.29, 1.82) is 0 Å². The molecule has 18 heavy (non-hydrogen) atoms. The minimum absolute atomic E-state index is 0.0236. The van der Waals surface area contributed by atoms with E-state index in [2.05, 4.69) is 11.6 Å². The van der Waals surface area contributed by atoms with Crippen LogP contribution in [0.15, 0.2) is 43.1 Å². The van der Waals surface area contributed by atoms with Crippen LogP contribution in [0.5, 0.6) is 5.75 Å². The highest BCUT2D eigenvalue weighted by Crippen LogP contribution is 2.27. The maximum Gasteiger partial charge on any atom is 0.201 e. The molecule has 0 radical (unpaired) electrons. The van der Waals surface area contributed by atoms with Crippen LogP contribution in [-0.4, -0.2) is 10.1 Å². The zero-order valence-electron chi connectivity index (χ0n) is 9.53. The van der Waals surface area contributed by atoms with Crippen molar-refractivity contribution in [2.75, 3.05) is 0 Å². The molecule has 2 nitrogen and oxygen atoms in total. The van der Waals surface area contributed by atoms with Crippen molar-refractivity contribution in [2.24, 2.45) is 0 Å². The molecule has 0 fully saturated rings. The lowest BCUT2D eigenvalue weighted by Gasteiger charge is -2.05. The molecule has 4 heteroatoms. The second kappa shape index (κ2) is 4.96. The van der Waals surface area contributed by atoms with Crippen molar-refractivity contribution in [3.8, 4) is 17.0 Å². The largest absolute Gasteiger partial charge is 0.505 e. The normalized spacial score (nSPS) is 10.3. The Balaban J connectivity index is 2.43. The second-order valence-corrected chi connectivity index (χ2v) is 3.80. The molecule has 0 amide bonds. The van der Waals surface area contributed by atoms with Gasteiger partial charge in [0.05, 0.1) is 5.69 Å². The van der Waals surface area contributed by atoms with E-state index < -0.39 is 17.4 Å². The minimum Gasteiger partial charge on any atom is -0.505 e. The van der Waals surface area contributed by atoms with E-state index in [4.69, 9.17) is 5.11 Å². The molecule has 2 aromatic rings. The first-order chi connectivity index (χ1) is 8.63. The number of halogens is 2. The molecule has 0 atom stereocenters. The lowest BCUT2D eigenvalue weighted by molar-refractivity contribution is 0.408. The molecule has 0 aliphatic heterocycles. The van der Waals surface area contributed by atoms with E-state index in [1.807, 2.05) is 0 Å². The highest BCUT2D eigenvalue weighted by Gasteiger charge is 2.14. The van der Waals surface area contributed by atoms with Gasteiger partial charge < -0.3 is 5.11 Å². The molecule has 0 saturated heterocycles. The van der Waals surface area contributed by atoms with Gasteiger partial charge in [-0.05, 0) is 30.2 Å². The first-order valence-electron chi connectivity index (χ1n) is 5.36. The maximum atomic E-state index is 13.6. The summed E-state index contributed by atoms with van der Waals surface area (Å²) < 4.78 is 26.8. The molecular weight excluding hydrogens is 236 g/mol. The van der Waals surface area contributed by atoms with E-state index in [0.717, 1.165) is 11.6 Å². The average Bonchev–Trinajstić information content (AvgIpc) is 2.38. The van der Waals surface area contributed by atoms with E-state index in [9.17, 15) is 8.78 Å². The van der Waals surface area contributed by atoms with E-state index in [0.29, 0.717) is 12.1 Å². The molecule has 0 aliphatic carbocycles. The van der Waals surface area contributed by atoms with E-state index in [1.165, 1.54) is 6.07 Å². The molecule has 92 valence electrons. The fourth-order valence-corrected chi connectivity index (χ4v) is 1.61. The molecule has 2 rings (SSSR count). The molecule has 0 aliphatic rings. The Morgan fingerprint density at radius 2 is 1.94 bits per heavy atom. The molecule has 0 saturated carbocycles. The van der Waals surface area contributed by atoms with Crippen LogP contribution in [0.25, 0.3) is 11.3 Å². The number of phenolic OH excluding ortho intramolecular Hbond substituents is 1. The Labute approximate surface area is 103 Å². The van der Waals surface area contributed by atoms with Gasteiger partial charge in [-0.2, -0.15) is 4.39 Å². The summed E-state index contributed by atoms with van der Waals surface area (Å²) in [5, 5.41) is 9.04. The Hall–Kier alpha value is -2.23. The Morgan fingerprint density at radius 3 is 2.56 bits per heavy atom. The highest BCUT2D eigenvalue weighted by molar-refractivity contribution is 5.61. The summed E-state index contributed by atoms with van der Waals surface area (Å²) in [7, 11) is 0. The summed E-state index contributed by atoms with van der Waals surface area (Å²) >= 11 is 0. The number of allylic oxidation sites excluding steroid dienone is 1. The van der Waals surface area contributed by atoms with E-state index in [1.54, 1.807) is 24.4 Å². The van der Waals surface area contributed by atoms with Gasteiger partial charge in [-0.15, -0.1) is 6.58 Å². The molecule has 0 spiro atoms. The lowest BCUT2D eigenvalue weighted by Crippen LogP contribution is -1.93. The summed E-state index contributed by atoms with van der Waals surface area (Å²) in [6.07, 6.45) is 3.98. The quantitative estimate of drug-likeness (QED) is 0.842. The van der Waals surface area contributed by atoms with Gasteiger partial charge in [-0.25, -0.2) is 4.39 Å². The third kappa shape index (κ3) is 2.22. The molecule has 1 heterocycles. The van der Waals surface area contributed by atoms with Gasteiger partial charge >= 0.3 is 0 Å². The van der Waals surface area contributed by atoms with Crippen LogP contribution in [0.3, 0.4) is 0 Å². The molecule has 1 aromatic heterocycles. The van der Waals surface area contributed by atoms with Gasteiger partial charge in [0.15, 0.2) is 11.6 Å². The van der Waals surface area contributed by atoms with Gasteiger partial charge in [0, 0.05) is 11.8 Å². The van der Waals surface area contributed by atoms with Crippen molar-refractivity contribution in [1.82, 2.24) is 4.98 Å². The Morgan fingerprint density at radius 1 is 1.17 bits per heavy atom. The van der Waals surface area contributed by atoms with Crippen molar-refractivity contribution < 1.29 is 13.9 Å². The lowest BCUT2D eigenvalue weighted by atomic mass is 10.1. The van der Waals surface area contributed by atoms with Crippen molar-refractivity contribution >= 4 is 0 Å². The standard InChI is InChI=1S/C14H11F2NO/c1-2-3-9-4-6-11(17-8-9)10-5-7-12(18)14(16)13(10)15/h2,4-8,18H,1,3H2. The van der Waals surface area contributed by atoms with Crippen LogP contribution in [0.4, 0.5) is 8.78 Å². The summed E-state index contributed by atoms with van der Waals surface area (Å²) in [4.78, 5) is 4.06. The number of benzene rings is 1. The monoisotopic (exact) mass is 247 g/mol. The predicted octanol–water partition coefficient (Wildman–Crippen LogP) is 3.46. The zero-order valence-corrected chi connectivity index (χ0v) is 9.53.